The third-order valence-electron chi connectivity index (χ3n) is 4.42. The lowest BCUT2D eigenvalue weighted by Crippen LogP contribution is -2.49. The van der Waals surface area contributed by atoms with E-state index in [0.717, 1.165) is 18.4 Å². The maximum atomic E-state index is 12.9. The fourth-order valence-electron chi connectivity index (χ4n) is 2.69. The van der Waals surface area contributed by atoms with Crippen molar-refractivity contribution in [3.05, 3.63) is 64.1 Å². The number of halogens is 2. The molecule has 5 nitrogen and oxygen atoms in total. The molecule has 0 aliphatic carbocycles. The molecule has 156 valence electrons. The van der Waals surface area contributed by atoms with E-state index in [1.165, 1.54) is 4.90 Å². The van der Waals surface area contributed by atoms with Crippen LogP contribution in [0.4, 0.5) is 0 Å². The van der Waals surface area contributed by atoms with Crippen molar-refractivity contribution in [3.63, 3.8) is 0 Å². The number of amides is 2. The number of benzene rings is 2. The maximum Gasteiger partial charge on any atom is 0.261 e. The normalized spacial score (nSPS) is 11.6. The van der Waals surface area contributed by atoms with E-state index in [4.69, 9.17) is 27.9 Å². The number of carbonyl (C=O) groups excluding carboxylic acids is 2. The van der Waals surface area contributed by atoms with Crippen LogP contribution < -0.4 is 10.1 Å². The van der Waals surface area contributed by atoms with Gasteiger partial charge in [-0.25, -0.2) is 0 Å². The van der Waals surface area contributed by atoms with Gasteiger partial charge in [0.05, 0.1) is 0 Å². The summed E-state index contributed by atoms with van der Waals surface area (Å²) in [5.74, 6) is 0.0129. The molecule has 0 aromatic heterocycles. The number of nitrogens with zero attached hydrogens (tertiary/aromatic N) is 1. The summed E-state index contributed by atoms with van der Waals surface area (Å²) in [5, 5.41) is 4.02. The molecular formula is C22H26Cl2N2O3. The van der Waals surface area contributed by atoms with Crippen LogP contribution in [-0.2, 0) is 16.1 Å². The SMILES string of the molecule is CCCCNC(=O)[C@@H](C)N(Cc1ccc(Cl)cc1)C(=O)COc1cccc(Cl)c1. The van der Waals surface area contributed by atoms with E-state index < -0.39 is 6.04 Å². The number of nitrogens with one attached hydrogen (secondary N) is 1. The van der Waals surface area contributed by atoms with Crippen molar-refractivity contribution in [2.24, 2.45) is 0 Å². The van der Waals surface area contributed by atoms with Crippen LogP contribution >= 0.6 is 23.2 Å². The molecule has 0 aliphatic rings. The minimum absolute atomic E-state index is 0.191. The van der Waals surface area contributed by atoms with Crippen LogP contribution in [0.5, 0.6) is 5.75 Å². The summed E-state index contributed by atoms with van der Waals surface area (Å²) in [6.07, 6.45) is 1.87. The molecule has 0 fully saturated rings. The molecule has 0 unspecified atom stereocenters. The summed E-state index contributed by atoms with van der Waals surface area (Å²) in [4.78, 5) is 27.0. The van der Waals surface area contributed by atoms with Gasteiger partial charge in [0.2, 0.25) is 5.91 Å². The van der Waals surface area contributed by atoms with Gasteiger partial charge < -0.3 is 15.0 Å². The van der Waals surface area contributed by atoms with E-state index in [1.54, 1.807) is 43.3 Å². The number of ether oxygens (including phenoxy) is 1. The first-order chi connectivity index (χ1) is 13.9. The zero-order chi connectivity index (χ0) is 21.2. The Kier molecular flexibility index (Phi) is 9.29. The number of hydrogen-bond acceptors (Lipinski definition) is 3. The lowest BCUT2D eigenvalue weighted by Gasteiger charge is -2.28. The van der Waals surface area contributed by atoms with Gasteiger partial charge in [0.15, 0.2) is 6.61 Å². The highest BCUT2D eigenvalue weighted by atomic mass is 35.5. The highest BCUT2D eigenvalue weighted by molar-refractivity contribution is 6.30. The Hall–Kier alpha value is -2.24. The number of rotatable bonds is 10. The van der Waals surface area contributed by atoms with Crippen LogP contribution in [0.25, 0.3) is 0 Å². The van der Waals surface area contributed by atoms with Crippen molar-refractivity contribution in [1.82, 2.24) is 10.2 Å². The standard InChI is InChI=1S/C22H26Cl2N2O3/c1-3-4-12-25-22(28)16(2)26(14-17-8-10-18(23)11-9-17)21(27)15-29-20-7-5-6-19(24)13-20/h5-11,13,16H,3-4,12,14-15H2,1-2H3,(H,25,28)/t16-/m1/s1. The second kappa shape index (κ2) is 11.7. The number of carbonyl (C=O) groups is 2. The fraction of sp³-hybridized carbons (Fsp3) is 0.364. The average molecular weight is 437 g/mol. The van der Waals surface area contributed by atoms with E-state index >= 15 is 0 Å². The van der Waals surface area contributed by atoms with Crippen molar-refractivity contribution in [2.45, 2.75) is 39.3 Å². The minimum atomic E-state index is -0.641. The van der Waals surface area contributed by atoms with Crippen molar-refractivity contribution in [2.75, 3.05) is 13.2 Å². The molecule has 0 bridgehead atoms. The molecule has 0 heterocycles. The molecule has 0 saturated heterocycles. The third-order valence-corrected chi connectivity index (χ3v) is 4.91. The van der Waals surface area contributed by atoms with Crippen LogP contribution in [0, 0.1) is 0 Å². The molecule has 0 saturated carbocycles. The van der Waals surface area contributed by atoms with Crippen LogP contribution in [0.1, 0.15) is 32.3 Å². The van der Waals surface area contributed by atoms with Gasteiger partial charge in [-0.1, -0.05) is 54.7 Å². The van der Waals surface area contributed by atoms with E-state index in [1.807, 2.05) is 12.1 Å². The van der Waals surface area contributed by atoms with Crippen molar-refractivity contribution in [1.29, 1.82) is 0 Å². The first-order valence-corrected chi connectivity index (χ1v) is 10.4. The third kappa shape index (κ3) is 7.59. The Balaban J connectivity index is 2.10. The zero-order valence-corrected chi connectivity index (χ0v) is 18.2. The summed E-state index contributed by atoms with van der Waals surface area (Å²) in [6.45, 7) is 4.44. The van der Waals surface area contributed by atoms with Gasteiger partial charge in [0.25, 0.3) is 5.91 Å². The number of hydrogen-bond donors (Lipinski definition) is 1. The molecular weight excluding hydrogens is 411 g/mol. The molecule has 0 spiro atoms. The van der Waals surface area contributed by atoms with Gasteiger partial charge in [-0.3, -0.25) is 9.59 Å². The summed E-state index contributed by atoms with van der Waals surface area (Å²) in [7, 11) is 0. The van der Waals surface area contributed by atoms with Crippen molar-refractivity contribution >= 4 is 35.0 Å². The van der Waals surface area contributed by atoms with Gasteiger partial charge in [-0.2, -0.15) is 0 Å². The Morgan fingerprint density at radius 2 is 1.83 bits per heavy atom. The molecule has 1 atom stereocenters. The van der Waals surface area contributed by atoms with E-state index in [2.05, 4.69) is 12.2 Å². The van der Waals surface area contributed by atoms with Gasteiger partial charge >= 0.3 is 0 Å². The predicted molar refractivity (Wildman–Crippen MR) is 116 cm³/mol. The van der Waals surface area contributed by atoms with Gasteiger partial charge in [0.1, 0.15) is 11.8 Å². The van der Waals surface area contributed by atoms with Crippen LogP contribution in [0.2, 0.25) is 10.0 Å². The Morgan fingerprint density at radius 1 is 1.10 bits per heavy atom. The second-order valence-corrected chi connectivity index (χ2v) is 7.59. The molecule has 7 heteroatoms. The van der Waals surface area contributed by atoms with Crippen molar-refractivity contribution < 1.29 is 14.3 Å². The largest absolute Gasteiger partial charge is 0.484 e. The first kappa shape index (κ1) is 23.0. The predicted octanol–water partition coefficient (Wildman–Crippen LogP) is 4.71. The fourth-order valence-corrected chi connectivity index (χ4v) is 3.00. The molecule has 1 N–H and O–H groups in total. The second-order valence-electron chi connectivity index (χ2n) is 6.71. The summed E-state index contributed by atoms with van der Waals surface area (Å²) >= 11 is 11.9. The Bertz CT molecular complexity index is 812. The lowest BCUT2D eigenvalue weighted by molar-refractivity contribution is -0.142. The summed E-state index contributed by atoms with van der Waals surface area (Å²) in [6, 6.07) is 13.4. The minimum Gasteiger partial charge on any atom is -0.484 e. The lowest BCUT2D eigenvalue weighted by atomic mass is 10.1. The molecule has 0 aliphatic heterocycles. The topological polar surface area (TPSA) is 58.6 Å². The zero-order valence-electron chi connectivity index (χ0n) is 16.7. The Morgan fingerprint density at radius 3 is 2.48 bits per heavy atom. The monoisotopic (exact) mass is 436 g/mol. The first-order valence-electron chi connectivity index (χ1n) is 9.60. The Labute approximate surface area is 181 Å². The quantitative estimate of drug-likeness (QED) is 0.548. The highest BCUT2D eigenvalue weighted by Crippen LogP contribution is 2.18. The summed E-state index contributed by atoms with van der Waals surface area (Å²) in [5.41, 5.74) is 0.874. The molecule has 2 amide bonds. The van der Waals surface area contributed by atoms with Gasteiger partial charge in [0, 0.05) is 23.1 Å². The van der Waals surface area contributed by atoms with E-state index in [9.17, 15) is 9.59 Å². The van der Waals surface area contributed by atoms with E-state index in [0.29, 0.717) is 22.3 Å². The molecule has 29 heavy (non-hydrogen) atoms. The van der Waals surface area contributed by atoms with Gasteiger partial charge in [-0.15, -0.1) is 0 Å². The van der Waals surface area contributed by atoms with Crippen molar-refractivity contribution in [3.8, 4) is 5.75 Å². The van der Waals surface area contributed by atoms with E-state index in [-0.39, 0.29) is 25.0 Å². The van der Waals surface area contributed by atoms with Crippen LogP contribution in [-0.4, -0.2) is 35.9 Å². The number of unbranched alkanes of at least 4 members (excludes halogenated alkanes) is 1. The molecule has 2 aromatic carbocycles. The molecule has 0 radical (unpaired) electrons. The average Bonchev–Trinajstić information content (AvgIpc) is 2.71. The highest BCUT2D eigenvalue weighted by Gasteiger charge is 2.26. The molecule has 2 aromatic rings. The van der Waals surface area contributed by atoms with Gasteiger partial charge in [-0.05, 0) is 49.2 Å². The molecule has 2 rings (SSSR count). The van der Waals surface area contributed by atoms with Crippen LogP contribution in [0.15, 0.2) is 48.5 Å². The summed E-state index contributed by atoms with van der Waals surface area (Å²) < 4.78 is 5.59. The van der Waals surface area contributed by atoms with Crippen LogP contribution in [0.3, 0.4) is 0 Å². The maximum absolute atomic E-state index is 12.9. The smallest absolute Gasteiger partial charge is 0.261 e.